The van der Waals surface area contributed by atoms with Crippen LogP contribution < -0.4 is 14.4 Å². The van der Waals surface area contributed by atoms with Gasteiger partial charge in [-0.05, 0) is 47.5 Å². The summed E-state index contributed by atoms with van der Waals surface area (Å²) in [6.45, 7) is 1.56. The molecule has 1 amide bonds. The topological polar surface area (TPSA) is 76.1 Å². The minimum absolute atomic E-state index is 0.119. The van der Waals surface area contributed by atoms with Crippen LogP contribution in [-0.2, 0) is 16.0 Å². The fourth-order valence-electron chi connectivity index (χ4n) is 3.64. The first-order valence-corrected chi connectivity index (χ1v) is 11.2. The molecule has 0 radical (unpaired) electrons. The zero-order valence-electron chi connectivity index (χ0n) is 17.8. The Morgan fingerprint density at radius 2 is 1.68 bits per heavy atom. The fraction of sp³-hybridized carbons (Fsp3) is 0.120. The van der Waals surface area contributed by atoms with E-state index in [1.165, 1.54) is 17.9 Å². The van der Waals surface area contributed by atoms with E-state index >= 15 is 0 Å². The monoisotopic (exact) mass is 517 g/mol. The Hall–Kier alpha value is -3.19. The van der Waals surface area contributed by atoms with Crippen molar-refractivity contribution in [2.45, 2.75) is 13.3 Å². The first-order valence-electron chi connectivity index (χ1n) is 10.1. The van der Waals surface area contributed by atoms with E-state index in [-0.39, 0.29) is 19.1 Å². The summed E-state index contributed by atoms with van der Waals surface area (Å²) in [4.78, 5) is 25.0. The summed E-state index contributed by atoms with van der Waals surface area (Å²) in [6.07, 6.45) is 2.80. The number of ether oxygens (including phenoxy) is 2. The number of carboxylic acid groups (broad SMARTS) is 1. The average Bonchev–Trinajstić information content (AvgIpc) is 3.24. The Kier molecular flexibility index (Phi) is 7.03. The van der Waals surface area contributed by atoms with Crippen LogP contribution in [0.5, 0.6) is 11.5 Å². The van der Waals surface area contributed by atoms with E-state index in [0.29, 0.717) is 49.1 Å². The number of carbonyl (C=O) groups is 2. The van der Waals surface area contributed by atoms with Gasteiger partial charge in [0, 0.05) is 41.8 Å². The summed E-state index contributed by atoms with van der Waals surface area (Å²) < 4.78 is 10.8. The van der Waals surface area contributed by atoms with Gasteiger partial charge in [0.25, 0.3) is 0 Å². The lowest BCUT2D eigenvalue weighted by Crippen LogP contribution is -2.24. The van der Waals surface area contributed by atoms with E-state index in [2.05, 4.69) is 0 Å². The molecule has 0 aliphatic carbocycles. The molecule has 3 aromatic rings. The molecule has 0 bridgehead atoms. The largest absolute Gasteiger partial charge is 0.478 e. The number of hydrogen-bond acceptors (Lipinski definition) is 4. The van der Waals surface area contributed by atoms with Gasteiger partial charge in [0.2, 0.25) is 12.7 Å². The predicted octanol–water partition coefficient (Wildman–Crippen LogP) is 6.75. The van der Waals surface area contributed by atoms with Gasteiger partial charge >= 0.3 is 5.97 Å². The second kappa shape index (κ2) is 9.97. The highest BCUT2D eigenvalue weighted by molar-refractivity contribution is 6.43. The molecule has 6 nitrogen and oxygen atoms in total. The van der Waals surface area contributed by atoms with Gasteiger partial charge in [0.05, 0.1) is 15.7 Å². The molecule has 0 atom stereocenters. The van der Waals surface area contributed by atoms with Crippen molar-refractivity contribution in [3.8, 4) is 11.5 Å². The highest BCUT2D eigenvalue weighted by Crippen LogP contribution is 2.42. The van der Waals surface area contributed by atoms with Gasteiger partial charge in [-0.15, -0.1) is 0 Å². The van der Waals surface area contributed by atoms with Gasteiger partial charge in [0.15, 0.2) is 11.5 Å². The number of halogens is 3. The van der Waals surface area contributed by atoms with Crippen molar-refractivity contribution in [3.63, 3.8) is 0 Å². The second-order valence-electron chi connectivity index (χ2n) is 7.45. The number of nitrogens with zero attached hydrogens (tertiary/aromatic N) is 1. The second-order valence-corrected chi connectivity index (χ2v) is 8.64. The van der Waals surface area contributed by atoms with Gasteiger partial charge in [-0.2, -0.15) is 0 Å². The van der Waals surface area contributed by atoms with E-state index < -0.39 is 5.97 Å². The summed E-state index contributed by atoms with van der Waals surface area (Å²) in [5.74, 6) is -0.150. The summed E-state index contributed by atoms with van der Waals surface area (Å²) >= 11 is 19.4. The molecule has 0 saturated heterocycles. The number of benzene rings is 3. The lowest BCUT2D eigenvalue weighted by molar-refractivity contribution is -0.131. The van der Waals surface area contributed by atoms with Gasteiger partial charge in [-0.1, -0.05) is 46.9 Å². The maximum absolute atomic E-state index is 12.8. The van der Waals surface area contributed by atoms with Crippen molar-refractivity contribution < 1.29 is 24.2 Å². The molecule has 0 aromatic heterocycles. The normalized spacial score (nSPS) is 12.2. The fourth-order valence-corrected chi connectivity index (χ4v) is 4.26. The van der Waals surface area contributed by atoms with Crippen LogP contribution >= 0.6 is 34.8 Å². The van der Waals surface area contributed by atoms with E-state index in [0.717, 1.165) is 11.6 Å². The third-order valence-corrected chi connectivity index (χ3v) is 6.40. The van der Waals surface area contributed by atoms with Crippen molar-refractivity contribution >= 4 is 64.1 Å². The number of aliphatic carboxylic acids is 1. The van der Waals surface area contributed by atoms with Crippen LogP contribution in [0.25, 0.3) is 6.08 Å². The molecule has 0 fully saturated rings. The molecule has 1 N–H and O–H groups in total. The molecule has 9 heteroatoms. The molecular formula is C25H18Cl3NO5. The lowest BCUT2D eigenvalue weighted by atomic mass is 10.0. The van der Waals surface area contributed by atoms with Crippen molar-refractivity contribution in [1.29, 1.82) is 0 Å². The quantitative estimate of drug-likeness (QED) is 0.365. The summed E-state index contributed by atoms with van der Waals surface area (Å²) in [5.41, 5.74) is 3.14. The minimum atomic E-state index is -1.04. The number of hydrogen-bond donors (Lipinski definition) is 1. The summed E-state index contributed by atoms with van der Waals surface area (Å²) in [6, 6.07) is 13.7. The van der Waals surface area contributed by atoms with Crippen LogP contribution in [0.1, 0.15) is 23.6 Å². The first-order chi connectivity index (χ1) is 16.2. The Bertz CT molecular complexity index is 1300. The zero-order valence-corrected chi connectivity index (χ0v) is 20.1. The number of carbonyl (C=O) groups excluding carboxylic acids is 1. The summed E-state index contributed by atoms with van der Waals surface area (Å²) in [5, 5.41) is 9.94. The third-order valence-electron chi connectivity index (χ3n) is 5.21. The molecule has 0 spiro atoms. The molecule has 1 aliphatic heterocycles. The van der Waals surface area contributed by atoms with Gasteiger partial charge in [-0.25, -0.2) is 4.79 Å². The number of amides is 1. The van der Waals surface area contributed by atoms with Crippen molar-refractivity contribution in [3.05, 3.63) is 86.4 Å². The predicted molar refractivity (Wildman–Crippen MR) is 133 cm³/mol. The number of rotatable bonds is 6. The third kappa shape index (κ3) is 4.99. The van der Waals surface area contributed by atoms with Crippen LogP contribution in [-0.4, -0.2) is 23.8 Å². The molecule has 4 rings (SSSR count). The Balaban J connectivity index is 1.76. The van der Waals surface area contributed by atoms with Crippen LogP contribution in [0.2, 0.25) is 15.1 Å². The van der Waals surface area contributed by atoms with Crippen LogP contribution in [0.3, 0.4) is 0 Å². The van der Waals surface area contributed by atoms with Gasteiger partial charge < -0.3 is 14.6 Å². The van der Waals surface area contributed by atoms with E-state index in [4.69, 9.17) is 49.4 Å². The smallest absolute Gasteiger partial charge is 0.328 e. The summed E-state index contributed by atoms with van der Waals surface area (Å²) in [7, 11) is 0. The standard InChI is InChI=1S/C25H18Cl3NO5/c1-14(30)29(17-5-2-15(3-6-17)4-9-24(31)32)21-8-7-19(26)25(28)18(21)10-16-11-22-23(12-20(16)27)34-13-33-22/h2-9,11-12H,10,13H2,1H3,(H,31,32)/b9-4+. The number of fused-ring (bicyclic) bond motifs is 1. The minimum Gasteiger partial charge on any atom is -0.478 e. The maximum atomic E-state index is 12.8. The van der Waals surface area contributed by atoms with Crippen LogP contribution in [0.4, 0.5) is 11.4 Å². The number of anilines is 2. The molecule has 0 saturated carbocycles. The Morgan fingerprint density at radius 3 is 2.32 bits per heavy atom. The first kappa shape index (κ1) is 24.0. The van der Waals surface area contributed by atoms with E-state index in [1.54, 1.807) is 48.5 Å². The van der Waals surface area contributed by atoms with Crippen molar-refractivity contribution in [2.24, 2.45) is 0 Å². The molecule has 0 unspecified atom stereocenters. The van der Waals surface area contributed by atoms with Gasteiger partial charge in [-0.3, -0.25) is 9.69 Å². The highest BCUT2D eigenvalue weighted by Gasteiger charge is 2.23. The zero-order chi connectivity index (χ0) is 24.4. The maximum Gasteiger partial charge on any atom is 0.328 e. The lowest BCUT2D eigenvalue weighted by Gasteiger charge is -2.25. The van der Waals surface area contributed by atoms with Crippen LogP contribution in [0.15, 0.2) is 54.6 Å². The molecule has 174 valence electrons. The number of carboxylic acids is 1. The van der Waals surface area contributed by atoms with Crippen molar-refractivity contribution in [2.75, 3.05) is 11.7 Å². The van der Waals surface area contributed by atoms with E-state index in [1.807, 2.05) is 0 Å². The molecule has 1 heterocycles. The SMILES string of the molecule is CC(=O)N(c1ccc(/C=C/C(=O)O)cc1)c1ccc(Cl)c(Cl)c1Cc1cc2c(cc1Cl)OCO2. The molecule has 1 aliphatic rings. The highest BCUT2D eigenvalue weighted by atomic mass is 35.5. The molecular weight excluding hydrogens is 501 g/mol. The Labute approximate surface area is 210 Å². The molecule has 34 heavy (non-hydrogen) atoms. The average molecular weight is 519 g/mol. The van der Waals surface area contributed by atoms with Crippen molar-refractivity contribution in [1.82, 2.24) is 0 Å². The van der Waals surface area contributed by atoms with E-state index in [9.17, 15) is 9.59 Å². The molecule has 3 aromatic carbocycles. The van der Waals surface area contributed by atoms with Crippen LogP contribution in [0, 0.1) is 0 Å². The Morgan fingerprint density at radius 1 is 1.00 bits per heavy atom. The van der Waals surface area contributed by atoms with Gasteiger partial charge in [0.1, 0.15) is 0 Å².